The Bertz CT molecular complexity index is 5630. The van der Waals surface area contributed by atoms with Crippen molar-refractivity contribution in [1.29, 1.82) is 0 Å². The summed E-state index contributed by atoms with van der Waals surface area (Å²) >= 11 is 0. The van der Waals surface area contributed by atoms with E-state index in [1.807, 2.05) is 29.2 Å². The topological polar surface area (TPSA) is 272 Å². The van der Waals surface area contributed by atoms with Gasteiger partial charge in [0.05, 0.1) is 64.1 Å². The fraction of sp³-hybridized carbons (Fsp3) is 0.741. The van der Waals surface area contributed by atoms with Gasteiger partial charge in [0.2, 0.25) is 0 Å². The Morgan fingerprint density at radius 1 is 0.343 bits per heavy atom. The standard InChI is InChI=1S/2C27H35F2N3O2.2C27H36FN3O2/c1-26-10-8-19-18-9-11-27(34,15-28)13-16(18)2-4-20(19)21(26)5-6-22(26)25(33)14-32-24-7-3-17(29)12-23(24)30-31-32;1-26-10-8-19-18-9-11-27(34,15-28)13-16(18)2-4-20(19)21(26)5-6-22(26)25(33)14-32-24-12-17(29)3-7-23(24)30-31-32;1-26-9-6-20-19-7-10-27(33,16-28)12-17(19)2-3-21(20)22(26)4-5-23(26)25(32)15-31-14-18-8-11-29-13-24(18)30-31;1-26-9-6-20-19-7-10-27(33,16-28)12-17(19)2-3-21(20)22(26)4-5-23(26)25(32)15-31-24-14-29-11-8-18(24)13-30-31/h2*3,7,12,16,18-22,34H,2,4-6,8-11,13-15H2,1H3;2*8,11,13-14,17,19-23,33H,2-7,9-10,12,15-16H2,1H3/t2*16-,18+,19-,20-,21+,22-,26+,27-;2*17-,19+,20-,21-,22+,23-,26+,27-/m1111/s1. The van der Waals surface area contributed by atoms with Gasteiger partial charge in [0.15, 0.2) is 23.1 Å². The van der Waals surface area contributed by atoms with Crippen LogP contribution in [-0.4, -0.2) is 152 Å². The number of Topliss-reactive ketones (excluding diaryl/α,β-unsaturated/α-hetero) is 4. The number of hydrogen-bond donors (Lipinski definition) is 4. The number of carbonyl (C=O) groups excluding carboxylic acids is 4. The molecule has 0 spiro atoms. The van der Waals surface area contributed by atoms with E-state index in [9.17, 15) is 65.9 Å². The Labute approximate surface area is 783 Å². The Morgan fingerprint density at radius 2 is 0.701 bits per heavy atom. The van der Waals surface area contributed by atoms with Crippen LogP contribution >= 0.6 is 0 Å². The molecule has 0 radical (unpaired) electrons. The lowest BCUT2D eigenvalue weighted by Gasteiger charge is -2.56. The quantitative estimate of drug-likeness (QED) is 0.0655. The molecule has 32 atom stereocenters. The van der Waals surface area contributed by atoms with Gasteiger partial charge in [-0.1, -0.05) is 38.1 Å². The summed E-state index contributed by atoms with van der Waals surface area (Å²) in [7, 11) is 0. The molecule has 0 unspecified atom stereocenters. The van der Waals surface area contributed by atoms with Crippen molar-refractivity contribution in [2.75, 3.05) is 26.7 Å². The monoisotopic (exact) mass is 1850 g/mol. The third-order valence-corrected chi connectivity index (χ3v) is 42.0. The average molecular weight is 1850 g/mol. The zero-order chi connectivity index (χ0) is 92.9. The van der Waals surface area contributed by atoms with Crippen molar-refractivity contribution in [3.05, 3.63) is 97.3 Å². The second-order valence-corrected chi connectivity index (χ2v) is 48.0. The summed E-state index contributed by atoms with van der Waals surface area (Å²) in [6.07, 6.45) is 46.0. The van der Waals surface area contributed by atoms with E-state index in [-0.39, 0.29) is 81.6 Å². The predicted molar refractivity (Wildman–Crippen MR) is 496 cm³/mol. The van der Waals surface area contributed by atoms with E-state index in [4.69, 9.17) is 0 Å². The van der Waals surface area contributed by atoms with Crippen LogP contribution in [0.1, 0.15) is 259 Å². The molecular weight excluding hydrogens is 1710 g/mol. The predicted octanol–water partition coefficient (Wildman–Crippen LogP) is 20.2. The van der Waals surface area contributed by atoms with Crippen LogP contribution in [0.4, 0.5) is 26.3 Å². The third-order valence-electron chi connectivity index (χ3n) is 42.0. The van der Waals surface area contributed by atoms with E-state index in [0.717, 1.165) is 176 Å². The molecule has 26 heteroatoms. The number of ketones is 4. The molecule has 724 valence electrons. The normalized spacial score (nSPS) is 42.1. The maximum absolute atomic E-state index is 13.8. The molecule has 134 heavy (non-hydrogen) atoms. The number of pyridine rings is 2. The fourth-order valence-electron chi connectivity index (χ4n) is 35.7. The third kappa shape index (κ3) is 16.5. The first-order valence-corrected chi connectivity index (χ1v) is 52.2. The number of rotatable bonds is 16. The number of halogens is 6. The highest BCUT2D eigenvalue weighted by Crippen LogP contribution is 2.71. The molecule has 4 N–H and O–H groups in total. The van der Waals surface area contributed by atoms with Gasteiger partial charge >= 0.3 is 0 Å². The zero-order valence-corrected chi connectivity index (χ0v) is 79.1. The van der Waals surface area contributed by atoms with Crippen LogP contribution < -0.4 is 0 Å². The van der Waals surface area contributed by atoms with Crippen molar-refractivity contribution in [2.45, 2.75) is 307 Å². The largest absolute Gasteiger partial charge is 0.387 e. The van der Waals surface area contributed by atoms with Crippen LogP contribution in [0.25, 0.3) is 43.9 Å². The van der Waals surface area contributed by atoms with E-state index >= 15 is 0 Å². The number of hydrogen-bond acceptors (Lipinski definition) is 16. The Balaban J connectivity index is 0.000000107. The van der Waals surface area contributed by atoms with Crippen LogP contribution in [0, 0.1) is 175 Å². The summed E-state index contributed by atoms with van der Waals surface area (Å²) in [5, 5.41) is 69.7. The van der Waals surface area contributed by atoms with Crippen molar-refractivity contribution < 1.29 is 65.9 Å². The van der Waals surface area contributed by atoms with Crippen LogP contribution in [0.15, 0.2) is 85.7 Å². The number of carbonyl (C=O) groups is 4. The smallest absolute Gasteiger partial charge is 0.157 e. The van der Waals surface area contributed by atoms with Crippen LogP contribution in [0.2, 0.25) is 0 Å². The number of nitrogens with zero attached hydrogens (tertiary/aromatic N) is 12. The van der Waals surface area contributed by atoms with Gasteiger partial charge in [0.1, 0.15) is 74.5 Å². The van der Waals surface area contributed by atoms with Crippen molar-refractivity contribution in [2.24, 2.45) is 164 Å². The summed E-state index contributed by atoms with van der Waals surface area (Å²) in [4.78, 5) is 62.5. The van der Waals surface area contributed by atoms with Crippen molar-refractivity contribution in [3.63, 3.8) is 0 Å². The van der Waals surface area contributed by atoms with Crippen molar-refractivity contribution in [1.82, 2.24) is 59.5 Å². The Morgan fingerprint density at radius 3 is 1.11 bits per heavy atom. The lowest BCUT2D eigenvalue weighted by Crippen LogP contribution is -2.52. The SMILES string of the molecule is C[C@]12CC[C@H]3[C@@H](CC[C@@H]4C[C@@](O)(CF)CC[C@@H]43)[C@@H]1CC[C@@H]2C(=O)Cn1cc2ccncc2n1.C[C@]12CC[C@H]3[C@@H](CC[C@@H]4C[C@@](O)(CF)CC[C@@H]43)[C@@H]1CC[C@@H]2C(=O)Cn1ncc2ccncc21.C[C@]12CC[C@H]3[C@@H](CC[C@@H]4C[C@@](O)(CF)CC[C@@H]43)[C@@H]1CC[C@@H]2C(=O)Cn1nnc2cc(F)ccc21.C[C@]12CC[C@H]3[C@@H](CC[C@@H]4C[C@@](O)(CF)CC[C@@H]43)[C@@H]1CC[C@@H]2C(=O)Cn1nnc2ccc(F)cc21. The molecule has 8 aromatic rings. The highest BCUT2D eigenvalue weighted by atomic mass is 19.1. The van der Waals surface area contributed by atoms with Gasteiger partial charge in [-0.15, -0.1) is 10.2 Å². The minimum absolute atomic E-state index is 0.00106. The molecule has 0 amide bonds. The maximum Gasteiger partial charge on any atom is 0.157 e. The Hall–Kier alpha value is -7.42. The second kappa shape index (κ2) is 36.0. The maximum atomic E-state index is 13.8. The van der Waals surface area contributed by atoms with Crippen LogP contribution in [0.3, 0.4) is 0 Å². The van der Waals surface area contributed by atoms with Crippen molar-refractivity contribution >= 4 is 67.0 Å². The summed E-state index contributed by atoms with van der Waals surface area (Å²) in [5.41, 5.74) is -0.0377. The number of fused-ring (bicyclic) bond motifs is 24. The molecule has 6 heterocycles. The van der Waals surface area contributed by atoms with E-state index in [1.54, 1.807) is 51.0 Å². The van der Waals surface area contributed by atoms with Gasteiger partial charge < -0.3 is 20.4 Å². The lowest BCUT2D eigenvalue weighted by atomic mass is 9.49. The minimum atomic E-state index is -1.10. The highest BCUT2D eigenvalue weighted by molar-refractivity contribution is 5.87. The summed E-state index contributed by atoms with van der Waals surface area (Å²) in [5.74, 6) is 12.7. The van der Waals surface area contributed by atoms with Crippen LogP contribution in [-0.2, 0) is 45.4 Å². The molecule has 0 aliphatic heterocycles. The van der Waals surface area contributed by atoms with E-state index in [1.165, 1.54) is 49.9 Å². The number of aromatic nitrogens is 12. The molecule has 24 rings (SSSR count). The molecule has 2 aromatic carbocycles. The lowest BCUT2D eigenvalue weighted by molar-refractivity contribution is -0.134. The molecule has 16 saturated carbocycles. The zero-order valence-electron chi connectivity index (χ0n) is 79.1. The molecule has 16 aliphatic carbocycles. The fourth-order valence-corrected chi connectivity index (χ4v) is 35.7. The summed E-state index contributed by atoms with van der Waals surface area (Å²) in [6.45, 7) is 8.03. The van der Waals surface area contributed by atoms with Gasteiger partial charge in [-0.2, -0.15) is 10.2 Å². The first-order valence-electron chi connectivity index (χ1n) is 52.2. The molecule has 16 fully saturated rings. The minimum Gasteiger partial charge on any atom is -0.387 e. The van der Waals surface area contributed by atoms with E-state index in [2.05, 4.69) is 68.5 Å². The van der Waals surface area contributed by atoms with Gasteiger partial charge in [0.25, 0.3) is 0 Å². The molecule has 0 saturated heterocycles. The number of benzene rings is 2. The van der Waals surface area contributed by atoms with E-state index in [0.29, 0.717) is 216 Å². The van der Waals surface area contributed by atoms with Gasteiger partial charge in [0, 0.05) is 65.2 Å². The van der Waals surface area contributed by atoms with Crippen LogP contribution in [0.5, 0.6) is 0 Å². The summed E-state index contributed by atoms with van der Waals surface area (Å²) < 4.78 is 87.8. The van der Waals surface area contributed by atoms with Gasteiger partial charge in [-0.3, -0.25) is 38.5 Å². The summed E-state index contributed by atoms with van der Waals surface area (Å²) in [6, 6.07) is 12.6. The number of aliphatic hydroxyl groups is 4. The second-order valence-electron chi connectivity index (χ2n) is 48.0. The first kappa shape index (κ1) is 92.9. The average Bonchev–Trinajstić information content (AvgIpc) is 1.54. The molecule has 0 bridgehead atoms. The van der Waals surface area contributed by atoms with Gasteiger partial charge in [-0.25, -0.2) is 35.7 Å². The first-order chi connectivity index (χ1) is 64.4. The molecule has 20 nitrogen and oxygen atoms in total. The molecular formula is C108H142F6N12O8. The van der Waals surface area contributed by atoms with Gasteiger partial charge in [-0.05, 0) is 408 Å². The van der Waals surface area contributed by atoms with Crippen molar-refractivity contribution in [3.8, 4) is 0 Å². The highest BCUT2D eigenvalue weighted by Gasteiger charge is 2.65. The molecule has 6 aromatic heterocycles. The number of alkyl halides is 4. The Kier molecular flexibility index (Phi) is 25.0. The van der Waals surface area contributed by atoms with E-state index < -0.39 is 49.1 Å². The molecule has 16 aliphatic rings.